The van der Waals surface area contributed by atoms with Gasteiger partial charge in [-0.25, -0.2) is 0 Å². The molecule has 0 aliphatic carbocycles. The van der Waals surface area contributed by atoms with Crippen LogP contribution in [0.4, 0.5) is 0 Å². The van der Waals surface area contributed by atoms with E-state index >= 15 is 0 Å². The topological polar surface area (TPSA) is 36.9 Å². The molecule has 0 atom stereocenters. The molecule has 2 aromatic carbocycles. The molecule has 0 amide bonds. The summed E-state index contributed by atoms with van der Waals surface area (Å²) in [5, 5.41) is 3.11. The molecular formula is C53H88O4Si3. The molecule has 0 aliphatic heterocycles. The van der Waals surface area contributed by atoms with Gasteiger partial charge in [-0.05, 0) is 104 Å². The summed E-state index contributed by atoms with van der Waals surface area (Å²) >= 11 is 0. The fraction of sp³-hybridized carbons (Fsp3) is 0.623. The highest BCUT2D eigenvalue weighted by atomic mass is 28.3. The van der Waals surface area contributed by atoms with Gasteiger partial charge in [-0.15, -0.1) is 23.1 Å². The second kappa shape index (κ2) is 25.3. The minimum absolute atomic E-state index is 0.0600. The smallest absolute Gasteiger partial charge is 0.204 e. The normalized spacial score (nSPS) is 12.4. The van der Waals surface area contributed by atoms with Gasteiger partial charge in [0.25, 0.3) is 0 Å². The van der Waals surface area contributed by atoms with Gasteiger partial charge in [0.2, 0.25) is 8.07 Å². The molecule has 0 spiro atoms. The van der Waals surface area contributed by atoms with E-state index < -0.39 is 24.2 Å². The van der Waals surface area contributed by atoms with Crippen LogP contribution in [0.2, 0.25) is 42.8 Å². The first kappa shape index (κ1) is 59.3. The van der Waals surface area contributed by atoms with E-state index in [9.17, 15) is 0 Å². The summed E-state index contributed by atoms with van der Waals surface area (Å²) in [5.41, 5.74) is 10.0. The number of hydrogen-bond donors (Lipinski definition) is 0. The van der Waals surface area contributed by atoms with Crippen LogP contribution in [0.3, 0.4) is 0 Å². The van der Waals surface area contributed by atoms with Gasteiger partial charge in [-0.3, -0.25) is 0 Å². The van der Waals surface area contributed by atoms with Gasteiger partial charge in [-0.1, -0.05) is 159 Å². The van der Waals surface area contributed by atoms with Crippen molar-refractivity contribution < 1.29 is 18.9 Å². The van der Waals surface area contributed by atoms with Crippen molar-refractivity contribution in [3.63, 3.8) is 0 Å². The first-order chi connectivity index (χ1) is 26.9. The number of ether oxygens (including phenoxy) is 4. The fourth-order valence-electron chi connectivity index (χ4n) is 4.67. The second-order valence-corrected chi connectivity index (χ2v) is 36.7. The Labute approximate surface area is 375 Å². The minimum Gasteiger partial charge on any atom is -0.363 e. The van der Waals surface area contributed by atoms with Gasteiger partial charge < -0.3 is 18.9 Å². The molecule has 0 saturated carbocycles. The molecule has 2 rings (SSSR count). The summed E-state index contributed by atoms with van der Waals surface area (Å²) < 4.78 is 22.1. The lowest BCUT2D eigenvalue weighted by Gasteiger charge is -2.39. The minimum atomic E-state index is -2.29. The quantitative estimate of drug-likeness (QED) is 0.214. The van der Waals surface area contributed by atoms with Crippen LogP contribution in [0.1, 0.15) is 125 Å². The number of benzene rings is 2. The van der Waals surface area contributed by atoms with Crippen LogP contribution in [0, 0.1) is 46.7 Å². The van der Waals surface area contributed by atoms with Gasteiger partial charge in [0, 0.05) is 0 Å². The zero-order chi connectivity index (χ0) is 47.3. The average molecular weight is 874 g/mol. The summed E-state index contributed by atoms with van der Waals surface area (Å²) in [4.78, 5) is 0. The highest BCUT2D eigenvalue weighted by Gasteiger charge is 2.47. The van der Waals surface area contributed by atoms with Crippen molar-refractivity contribution in [2.75, 3.05) is 26.4 Å². The van der Waals surface area contributed by atoms with Crippen LogP contribution in [0.15, 0.2) is 60.7 Å². The Hall–Kier alpha value is -2.83. The first-order valence-corrected chi connectivity index (χ1v) is 30.0. The van der Waals surface area contributed by atoms with Gasteiger partial charge in [-0.2, -0.15) is 0 Å². The maximum atomic E-state index is 5.86. The zero-order valence-corrected chi connectivity index (χ0v) is 45.8. The van der Waals surface area contributed by atoms with Gasteiger partial charge in [0.05, 0.1) is 22.4 Å². The van der Waals surface area contributed by atoms with Crippen molar-refractivity contribution in [3.05, 3.63) is 60.7 Å². The number of terminal acetylenes is 1. The van der Waals surface area contributed by atoms with Crippen molar-refractivity contribution in [2.24, 2.45) is 0 Å². The van der Waals surface area contributed by atoms with Crippen LogP contribution >= 0.6 is 0 Å². The Morgan fingerprint density at radius 2 is 0.717 bits per heavy atom. The van der Waals surface area contributed by atoms with Crippen molar-refractivity contribution in [1.29, 1.82) is 0 Å². The predicted molar refractivity (Wildman–Crippen MR) is 273 cm³/mol. The molecule has 0 bridgehead atoms. The Morgan fingerprint density at radius 1 is 0.417 bits per heavy atom. The van der Waals surface area contributed by atoms with Crippen LogP contribution in [-0.4, -0.2) is 73.1 Å². The fourth-order valence-corrected chi connectivity index (χ4v) is 10.6. The molecule has 0 saturated heterocycles. The predicted octanol–water partition coefficient (Wildman–Crippen LogP) is 12.4. The molecule has 0 aliphatic rings. The van der Waals surface area contributed by atoms with E-state index in [4.69, 9.17) is 25.4 Å². The lowest BCUT2D eigenvalue weighted by molar-refractivity contribution is 0.0177. The molecule has 336 valence electrons. The van der Waals surface area contributed by atoms with E-state index in [-0.39, 0.29) is 27.4 Å². The zero-order valence-electron chi connectivity index (χ0n) is 42.8. The van der Waals surface area contributed by atoms with Crippen molar-refractivity contribution >= 4 is 34.6 Å². The Kier molecular flexibility index (Phi) is 25.0. The molecule has 4 nitrogen and oxygen atoms in total. The van der Waals surface area contributed by atoms with Gasteiger partial charge in [0.15, 0.2) is 0 Å². The van der Waals surface area contributed by atoms with E-state index in [1.54, 1.807) is 0 Å². The number of hydrogen-bond acceptors (Lipinski definition) is 4. The van der Waals surface area contributed by atoms with Crippen LogP contribution in [0.25, 0.3) is 0 Å². The maximum Gasteiger partial charge on any atom is 0.204 e. The highest BCUT2D eigenvalue weighted by molar-refractivity contribution is 7.10. The Morgan fingerprint density at radius 3 is 0.967 bits per heavy atom. The molecular weight excluding hydrogens is 785 g/mol. The standard InChI is InChI=1S/C23H30OSi.C13H26OSi.C10H20OSi.C7H12O/c1-22(2,3)24-18-13-19-25(23(4,5)6,20-14-9-7-10-15-20)21-16-11-8-12-17-21;1-12(2,3)14-10-9-11-15(7,8)13(4,5)6;1-10(2,3)11-8-7-9-12(4,5)6;1-5-6-8-7(2,3)4/h7-12,14-17H,18H2,1-6H3;10H2,1-8H3;8H2,1-6H3;1H,6H2,2-4H3. The third-order valence-electron chi connectivity index (χ3n) is 8.87. The molecule has 60 heavy (non-hydrogen) atoms. The molecule has 0 aromatic heterocycles. The van der Waals surface area contributed by atoms with E-state index in [0.29, 0.717) is 31.5 Å². The summed E-state index contributed by atoms with van der Waals surface area (Å²) in [5.74, 6) is 12.0. The SMILES string of the molecule is C#CCOC(C)(C)C.CC(C)(C)OCC#C[Si](C)(C)C.CC(C)(C)OCC#C[Si](C)(C)C(C)(C)C.CC(C)(C)OCC#C[Si](c1ccccc1)(c1ccccc1)C(C)(C)C. The van der Waals surface area contributed by atoms with E-state index in [2.05, 4.69) is 217 Å². The molecule has 0 radical (unpaired) electrons. The lowest BCUT2D eigenvalue weighted by Crippen LogP contribution is -2.63. The van der Waals surface area contributed by atoms with Crippen molar-refractivity contribution in [1.82, 2.24) is 0 Å². The summed E-state index contributed by atoms with van der Waals surface area (Å²) in [6.07, 6.45) is 4.96. The third kappa shape index (κ3) is 28.7. The van der Waals surface area contributed by atoms with Crippen LogP contribution in [-0.2, 0) is 18.9 Å². The monoisotopic (exact) mass is 873 g/mol. The molecule has 0 heterocycles. The lowest BCUT2D eigenvalue weighted by atomic mass is 10.2. The largest absolute Gasteiger partial charge is 0.363 e. The number of rotatable bonds is 6. The molecule has 2 aromatic rings. The van der Waals surface area contributed by atoms with Crippen molar-refractivity contribution in [3.8, 4) is 46.7 Å². The van der Waals surface area contributed by atoms with Crippen LogP contribution < -0.4 is 10.4 Å². The van der Waals surface area contributed by atoms with E-state index in [1.807, 2.05) is 41.5 Å². The molecule has 0 unspecified atom stereocenters. The summed E-state index contributed by atoms with van der Waals surface area (Å²) in [6.45, 7) is 51.5. The first-order valence-electron chi connectivity index (χ1n) is 21.5. The van der Waals surface area contributed by atoms with Crippen molar-refractivity contribution in [2.45, 2.75) is 190 Å². The Balaban J connectivity index is 0. The van der Waals surface area contributed by atoms with Gasteiger partial charge >= 0.3 is 0 Å². The summed E-state index contributed by atoms with van der Waals surface area (Å²) in [6, 6.07) is 21.6. The van der Waals surface area contributed by atoms with E-state index in [1.165, 1.54) is 10.4 Å². The molecule has 0 fully saturated rings. The molecule has 7 heteroatoms. The maximum absolute atomic E-state index is 5.86. The summed E-state index contributed by atoms with van der Waals surface area (Å²) in [7, 11) is -4.92. The molecule has 0 N–H and O–H groups in total. The van der Waals surface area contributed by atoms with E-state index in [0.717, 1.165) is 0 Å². The highest BCUT2D eigenvalue weighted by Crippen LogP contribution is 2.36. The second-order valence-electron chi connectivity index (χ2n) is 22.6. The third-order valence-corrected chi connectivity index (χ3v) is 19.6. The average Bonchev–Trinajstić information content (AvgIpc) is 3.06. The Bertz CT molecular complexity index is 1680. The van der Waals surface area contributed by atoms with Gasteiger partial charge in [0.1, 0.15) is 42.6 Å². The van der Waals surface area contributed by atoms with Crippen LogP contribution in [0.5, 0.6) is 0 Å².